The molecule has 3 nitrogen and oxygen atoms in total. The van der Waals surface area contributed by atoms with Crippen LogP contribution in [0.5, 0.6) is 5.75 Å². The lowest BCUT2D eigenvalue weighted by atomic mass is 10.0. The first kappa shape index (κ1) is 11.7. The van der Waals surface area contributed by atoms with Gasteiger partial charge in [-0.15, -0.1) is 5.26 Å². The second kappa shape index (κ2) is 5.52. The van der Waals surface area contributed by atoms with Crippen molar-refractivity contribution in [1.82, 2.24) is 0 Å². The molecule has 0 radical (unpaired) electrons. The van der Waals surface area contributed by atoms with Crippen LogP contribution in [0, 0.1) is 22.8 Å². The van der Waals surface area contributed by atoms with E-state index in [4.69, 9.17) is 15.3 Å². The van der Waals surface area contributed by atoms with Crippen molar-refractivity contribution < 1.29 is 4.74 Å². The second-order valence-corrected chi connectivity index (χ2v) is 3.78. The van der Waals surface area contributed by atoms with E-state index in [1.54, 1.807) is 18.4 Å². The van der Waals surface area contributed by atoms with Gasteiger partial charge in [-0.25, -0.2) is 0 Å². The van der Waals surface area contributed by atoms with E-state index < -0.39 is 0 Å². The molecule has 3 heteroatoms. The SMILES string of the molecule is N#COc1ccc(Cc2ccccc2C#N)cc1. The van der Waals surface area contributed by atoms with Crippen molar-refractivity contribution in [3.05, 3.63) is 65.2 Å². The van der Waals surface area contributed by atoms with Gasteiger partial charge in [-0.2, -0.15) is 5.26 Å². The highest BCUT2D eigenvalue weighted by Crippen LogP contribution is 2.17. The molecule has 2 aromatic rings. The standard InChI is InChI=1S/C15H10N2O/c16-10-14-4-2-1-3-13(14)9-12-5-7-15(8-6-12)18-11-17/h1-8H,9H2. The highest BCUT2D eigenvalue weighted by atomic mass is 16.5. The number of ether oxygens (including phenoxy) is 1. The monoisotopic (exact) mass is 234 g/mol. The van der Waals surface area contributed by atoms with Crippen LogP contribution in [0.15, 0.2) is 48.5 Å². The van der Waals surface area contributed by atoms with Gasteiger partial charge in [0.1, 0.15) is 5.75 Å². The fourth-order valence-electron chi connectivity index (χ4n) is 1.73. The Labute approximate surface area is 105 Å². The average molecular weight is 234 g/mol. The number of rotatable bonds is 3. The van der Waals surface area contributed by atoms with Gasteiger partial charge >= 0.3 is 0 Å². The quantitative estimate of drug-likeness (QED) is 0.767. The first-order chi connectivity index (χ1) is 8.83. The van der Waals surface area contributed by atoms with E-state index in [1.807, 2.05) is 36.4 Å². The fraction of sp³-hybridized carbons (Fsp3) is 0.0667. The van der Waals surface area contributed by atoms with Crippen molar-refractivity contribution in [2.45, 2.75) is 6.42 Å². The zero-order valence-corrected chi connectivity index (χ0v) is 9.63. The van der Waals surface area contributed by atoms with E-state index in [1.165, 1.54) is 0 Å². The van der Waals surface area contributed by atoms with Crippen molar-refractivity contribution in [3.63, 3.8) is 0 Å². The smallest absolute Gasteiger partial charge is 0.292 e. The molecular formula is C15H10N2O. The third kappa shape index (κ3) is 2.66. The van der Waals surface area contributed by atoms with Gasteiger partial charge in [0.2, 0.25) is 0 Å². The Morgan fingerprint density at radius 2 is 1.67 bits per heavy atom. The van der Waals surface area contributed by atoms with Crippen LogP contribution >= 0.6 is 0 Å². The van der Waals surface area contributed by atoms with E-state index in [2.05, 4.69) is 6.07 Å². The summed E-state index contributed by atoms with van der Waals surface area (Å²) in [6, 6.07) is 17.0. The molecule has 0 saturated carbocycles. The lowest BCUT2D eigenvalue weighted by molar-refractivity contribution is 0.507. The lowest BCUT2D eigenvalue weighted by Crippen LogP contribution is -1.92. The molecule has 18 heavy (non-hydrogen) atoms. The van der Waals surface area contributed by atoms with Crippen LogP contribution < -0.4 is 4.74 Å². The number of hydrogen-bond acceptors (Lipinski definition) is 3. The Bertz CT molecular complexity index is 618. The highest BCUT2D eigenvalue weighted by molar-refractivity contribution is 5.41. The molecule has 0 aliphatic heterocycles. The van der Waals surface area contributed by atoms with Crippen LogP contribution in [0.25, 0.3) is 0 Å². The van der Waals surface area contributed by atoms with Gasteiger partial charge < -0.3 is 4.74 Å². The van der Waals surface area contributed by atoms with E-state index in [0.717, 1.165) is 11.1 Å². The molecule has 0 heterocycles. The summed E-state index contributed by atoms with van der Waals surface area (Å²) in [4.78, 5) is 0. The Morgan fingerprint density at radius 1 is 0.944 bits per heavy atom. The predicted molar refractivity (Wildman–Crippen MR) is 66.6 cm³/mol. The van der Waals surface area contributed by atoms with Gasteiger partial charge in [-0.05, 0) is 35.7 Å². The Hall–Kier alpha value is -2.78. The number of nitrogens with zero attached hydrogens (tertiary/aromatic N) is 2. The van der Waals surface area contributed by atoms with Crippen molar-refractivity contribution in [1.29, 1.82) is 10.5 Å². The third-order valence-corrected chi connectivity index (χ3v) is 2.62. The van der Waals surface area contributed by atoms with Gasteiger partial charge in [0.15, 0.2) is 0 Å². The average Bonchev–Trinajstić information content (AvgIpc) is 2.42. The molecule has 0 unspecified atom stereocenters. The molecule has 0 aliphatic rings. The lowest BCUT2D eigenvalue weighted by Gasteiger charge is -2.04. The minimum absolute atomic E-state index is 0.523. The van der Waals surface area contributed by atoms with E-state index in [0.29, 0.717) is 17.7 Å². The van der Waals surface area contributed by atoms with Gasteiger partial charge in [0.05, 0.1) is 11.6 Å². The summed E-state index contributed by atoms with van der Waals surface area (Å²) in [5.74, 6) is 0.523. The van der Waals surface area contributed by atoms with E-state index in [9.17, 15) is 0 Å². The van der Waals surface area contributed by atoms with E-state index >= 15 is 0 Å². The maximum Gasteiger partial charge on any atom is 0.292 e. The van der Waals surface area contributed by atoms with Crippen molar-refractivity contribution in [2.75, 3.05) is 0 Å². The number of benzene rings is 2. The van der Waals surface area contributed by atoms with Gasteiger partial charge in [0.25, 0.3) is 6.26 Å². The molecule has 0 amide bonds. The first-order valence-corrected chi connectivity index (χ1v) is 5.46. The molecule has 0 aromatic heterocycles. The molecule has 0 spiro atoms. The second-order valence-electron chi connectivity index (χ2n) is 3.78. The molecule has 86 valence electrons. The summed E-state index contributed by atoms with van der Waals surface area (Å²) in [7, 11) is 0. The minimum Gasteiger partial charge on any atom is -0.388 e. The summed E-state index contributed by atoms with van der Waals surface area (Å²) < 4.78 is 4.71. The zero-order chi connectivity index (χ0) is 12.8. The fourth-order valence-corrected chi connectivity index (χ4v) is 1.73. The van der Waals surface area contributed by atoms with Crippen molar-refractivity contribution >= 4 is 0 Å². The van der Waals surface area contributed by atoms with Crippen molar-refractivity contribution in [2.24, 2.45) is 0 Å². The maximum absolute atomic E-state index is 9.00. The van der Waals surface area contributed by atoms with Crippen LogP contribution in [-0.2, 0) is 6.42 Å². The maximum atomic E-state index is 9.00. The van der Waals surface area contributed by atoms with Crippen LogP contribution in [0.2, 0.25) is 0 Å². The predicted octanol–water partition coefficient (Wildman–Crippen LogP) is 3.01. The Kier molecular flexibility index (Phi) is 3.59. The Morgan fingerprint density at radius 3 is 2.33 bits per heavy atom. The summed E-state index contributed by atoms with van der Waals surface area (Å²) in [5, 5.41) is 17.4. The topological polar surface area (TPSA) is 56.8 Å². The summed E-state index contributed by atoms with van der Waals surface area (Å²) >= 11 is 0. The van der Waals surface area contributed by atoms with Gasteiger partial charge in [-0.1, -0.05) is 30.3 Å². The largest absolute Gasteiger partial charge is 0.388 e. The van der Waals surface area contributed by atoms with Crippen molar-refractivity contribution in [3.8, 4) is 18.1 Å². The first-order valence-electron chi connectivity index (χ1n) is 5.46. The van der Waals surface area contributed by atoms with Crippen LogP contribution in [0.3, 0.4) is 0 Å². The summed E-state index contributed by atoms with van der Waals surface area (Å²) in [6.07, 6.45) is 2.32. The molecule has 0 saturated heterocycles. The molecule has 0 atom stereocenters. The molecular weight excluding hydrogens is 224 g/mol. The zero-order valence-electron chi connectivity index (χ0n) is 9.63. The molecule has 0 N–H and O–H groups in total. The molecule has 2 aromatic carbocycles. The summed E-state index contributed by atoms with van der Waals surface area (Å²) in [6.45, 7) is 0. The summed E-state index contributed by atoms with van der Waals surface area (Å²) in [5.41, 5.74) is 2.76. The normalized spacial score (nSPS) is 9.22. The van der Waals surface area contributed by atoms with Crippen LogP contribution in [-0.4, -0.2) is 0 Å². The van der Waals surface area contributed by atoms with E-state index in [-0.39, 0.29) is 0 Å². The minimum atomic E-state index is 0.523. The Balaban J connectivity index is 2.19. The highest BCUT2D eigenvalue weighted by Gasteiger charge is 2.02. The van der Waals surface area contributed by atoms with Crippen LogP contribution in [0.4, 0.5) is 0 Å². The molecule has 2 rings (SSSR count). The van der Waals surface area contributed by atoms with Gasteiger partial charge in [0, 0.05) is 0 Å². The molecule has 0 fully saturated rings. The molecule has 0 bridgehead atoms. The number of hydrogen-bond donors (Lipinski definition) is 0. The third-order valence-electron chi connectivity index (χ3n) is 2.62. The molecule has 0 aliphatic carbocycles. The van der Waals surface area contributed by atoms with Crippen LogP contribution in [0.1, 0.15) is 16.7 Å². The van der Waals surface area contributed by atoms with Gasteiger partial charge in [-0.3, -0.25) is 0 Å². The number of nitriles is 2.